The van der Waals surface area contributed by atoms with Crippen LogP contribution in [0.25, 0.3) is 0 Å². The lowest BCUT2D eigenvalue weighted by molar-refractivity contribution is -0.394. The van der Waals surface area contributed by atoms with E-state index < -0.39 is 32.1 Å². The van der Waals surface area contributed by atoms with Crippen molar-refractivity contribution in [3.63, 3.8) is 0 Å². The molecule has 0 aliphatic rings. The van der Waals surface area contributed by atoms with Gasteiger partial charge in [0.1, 0.15) is 11.5 Å². The van der Waals surface area contributed by atoms with Crippen LogP contribution < -0.4 is 10.1 Å². The quantitative estimate of drug-likeness (QED) is 0.184. The molecule has 4 rings (SSSR count). The van der Waals surface area contributed by atoms with Crippen LogP contribution in [0.2, 0.25) is 0 Å². The highest BCUT2D eigenvalue weighted by Crippen LogP contribution is 2.34. The number of nitrogens with zero attached hydrogens (tertiary/aromatic N) is 3. The minimum atomic E-state index is -0.773. The first-order valence-electron chi connectivity index (χ1n) is 10.7. The number of anilines is 1. The van der Waals surface area contributed by atoms with Crippen LogP contribution in [-0.2, 0) is 0 Å². The molecule has 12 nitrogen and oxygen atoms in total. The number of amides is 1. The van der Waals surface area contributed by atoms with Crippen LogP contribution >= 0.6 is 11.8 Å². The number of hydrogen-bond acceptors (Lipinski definition) is 9. The summed E-state index contributed by atoms with van der Waals surface area (Å²) in [5, 5.41) is 36.2. The van der Waals surface area contributed by atoms with Gasteiger partial charge in [0.15, 0.2) is 0 Å². The maximum Gasteiger partial charge on any atom is 0.280 e. The van der Waals surface area contributed by atoms with Gasteiger partial charge < -0.3 is 10.1 Å². The molecule has 0 saturated carbocycles. The largest absolute Gasteiger partial charge is 0.457 e. The molecule has 1 amide bonds. The lowest BCUT2D eigenvalue weighted by Gasteiger charge is -2.09. The highest BCUT2D eigenvalue weighted by atomic mass is 32.2. The summed E-state index contributed by atoms with van der Waals surface area (Å²) in [7, 11) is 0. The molecule has 0 spiro atoms. The summed E-state index contributed by atoms with van der Waals surface area (Å²) < 4.78 is 5.51. The summed E-state index contributed by atoms with van der Waals surface area (Å²) in [5.74, 6) is -0.491. The van der Waals surface area contributed by atoms with Crippen LogP contribution in [0.5, 0.6) is 11.5 Å². The molecule has 0 radical (unpaired) electrons. The highest BCUT2D eigenvalue weighted by molar-refractivity contribution is 7.99. The van der Waals surface area contributed by atoms with Gasteiger partial charge in [-0.15, -0.1) is 0 Å². The Balaban J connectivity index is 1.51. The first-order valence-corrected chi connectivity index (χ1v) is 11.5. The molecule has 13 heteroatoms. The zero-order chi connectivity index (χ0) is 27.2. The molecule has 4 aromatic rings. The van der Waals surface area contributed by atoms with Gasteiger partial charge in [-0.05, 0) is 42.5 Å². The van der Waals surface area contributed by atoms with Crippen LogP contribution in [0.3, 0.4) is 0 Å². The van der Waals surface area contributed by atoms with E-state index in [9.17, 15) is 35.1 Å². The Morgan fingerprint density at radius 1 is 0.658 bits per heavy atom. The van der Waals surface area contributed by atoms with Crippen molar-refractivity contribution in [2.75, 3.05) is 5.32 Å². The fourth-order valence-electron chi connectivity index (χ4n) is 3.30. The van der Waals surface area contributed by atoms with Crippen molar-refractivity contribution in [1.29, 1.82) is 0 Å². The van der Waals surface area contributed by atoms with Crippen molar-refractivity contribution in [1.82, 2.24) is 0 Å². The van der Waals surface area contributed by atoms with Crippen LogP contribution in [0.1, 0.15) is 10.4 Å². The second-order valence-electron chi connectivity index (χ2n) is 7.67. The summed E-state index contributed by atoms with van der Waals surface area (Å²) >= 11 is 1.31. The predicted octanol–water partition coefficient (Wildman–Crippen LogP) is 6.61. The number of carbonyl (C=O) groups is 1. The number of nitro groups is 3. The maximum atomic E-state index is 12.8. The number of benzene rings is 4. The van der Waals surface area contributed by atoms with E-state index in [1.54, 1.807) is 6.07 Å². The Bertz CT molecular complexity index is 1510. The van der Waals surface area contributed by atoms with Gasteiger partial charge >= 0.3 is 0 Å². The standard InChI is InChI=1S/C25H16N4O8S/c30-25(26-17-10-18(27(31)32)15-24(11-17)38-23-4-2-1-3-5-23)16-6-8-21(9-7-16)37-22-13-19(28(33)34)12-20(14-22)29(35)36/h1-15H,(H,26,30). The summed E-state index contributed by atoms with van der Waals surface area (Å²) in [4.78, 5) is 45.7. The third kappa shape index (κ3) is 6.47. The van der Waals surface area contributed by atoms with Crippen LogP contribution in [-0.4, -0.2) is 20.7 Å². The number of nitrogens with one attached hydrogen (secondary N) is 1. The fourth-order valence-corrected chi connectivity index (χ4v) is 4.23. The summed E-state index contributed by atoms with van der Waals surface area (Å²) in [6.45, 7) is 0. The fraction of sp³-hybridized carbons (Fsp3) is 0. The van der Waals surface area contributed by atoms with Crippen molar-refractivity contribution in [2.45, 2.75) is 9.79 Å². The van der Waals surface area contributed by atoms with Crippen LogP contribution in [0, 0.1) is 30.3 Å². The number of non-ortho nitro benzene ring substituents is 3. The SMILES string of the molecule is O=C(Nc1cc(Sc2ccccc2)cc([N+](=O)[O-])c1)c1ccc(Oc2cc([N+](=O)[O-])cc([N+](=O)[O-])c2)cc1. The molecule has 0 atom stereocenters. The molecule has 0 aliphatic heterocycles. The van der Waals surface area contributed by atoms with Gasteiger partial charge in [0.25, 0.3) is 23.0 Å². The van der Waals surface area contributed by atoms with E-state index in [0.717, 1.165) is 23.1 Å². The molecule has 0 saturated heterocycles. The molecule has 38 heavy (non-hydrogen) atoms. The van der Waals surface area contributed by atoms with Crippen molar-refractivity contribution in [3.05, 3.63) is 127 Å². The average Bonchev–Trinajstić information content (AvgIpc) is 2.89. The van der Waals surface area contributed by atoms with Gasteiger partial charge in [-0.25, -0.2) is 0 Å². The van der Waals surface area contributed by atoms with Crippen LogP contribution in [0.4, 0.5) is 22.7 Å². The molecule has 0 aromatic heterocycles. The zero-order valence-corrected chi connectivity index (χ0v) is 20.0. The Morgan fingerprint density at radius 2 is 1.24 bits per heavy atom. The Labute approximate surface area is 218 Å². The predicted molar refractivity (Wildman–Crippen MR) is 138 cm³/mol. The molecular formula is C25H16N4O8S. The van der Waals surface area contributed by atoms with Crippen LogP contribution in [0.15, 0.2) is 101 Å². The second kappa shape index (κ2) is 11.2. The highest BCUT2D eigenvalue weighted by Gasteiger charge is 2.18. The first-order chi connectivity index (χ1) is 18.2. The third-order valence-corrected chi connectivity index (χ3v) is 5.97. The summed E-state index contributed by atoms with van der Waals surface area (Å²) in [6.07, 6.45) is 0. The van der Waals surface area contributed by atoms with Crippen molar-refractivity contribution < 1.29 is 24.3 Å². The monoisotopic (exact) mass is 532 g/mol. The van der Waals surface area contributed by atoms with Gasteiger partial charge in [0.2, 0.25) is 0 Å². The smallest absolute Gasteiger partial charge is 0.280 e. The average molecular weight is 532 g/mol. The normalized spacial score (nSPS) is 10.4. The molecule has 0 bridgehead atoms. The van der Waals surface area contributed by atoms with E-state index in [0.29, 0.717) is 4.90 Å². The van der Waals surface area contributed by atoms with Crippen molar-refractivity contribution in [3.8, 4) is 11.5 Å². The Hall–Kier alpha value is -5.30. The first kappa shape index (κ1) is 25.8. The van der Waals surface area contributed by atoms with E-state index in [1.165, 1.54) is 48.2 Å². The van der Waals surface area contributed by atoms with E-state index in [-0.39, 0.29) is 28.4 Å². The van der Waals surface area contributed by atoms with Gasteiger partial charge in [-0.1, -0.05) is 30.0 Å². The molecule has 0 aliphatic carbocycles. The number of ether oxygens (including phenoxy) is 1. The molecule has 0 heterocycles. The van der Waals surface area contributed by atoms with E-state index in [1.807, 2.05) is 30.3 Å². The lowest BCUT2D eigenvalue weighted by atomic mass is 10.2. The van der Waals surface area contributed by atoms with Gasteiger partial charge in [0, 0.05) is 33.2 Å². The van der Waals surface area contributed by atoms with Gasteiger partial charge in [-0.2, -0.15) is 0 Å². The van der Waals surface area contributed by atoms with Crippen molar-refractivity contribution >= 4 is 40.4 Å². The lowest BCUT2D eigenvalue weighted by Crippen LogP contribution is -2.12. The number of carbonyl (C=O) groups excluding carboxylic acids is 1. The van der Waals surface area contributed by atoms with E-state index >= 15 is 0 Å². The number of hydrogen-bond donors (Lipinski definition) is 1. The second-order valence-corrected chi connectivity index (χ2v) is 8.81. The zero-order valence-electron chi connectivity index (χ0n) is 19.2. The molecular weight excluding hydrogens is 516 g/mol. The minimum Gasteiger partial charge on any atom is -0.457 e. The molecule has 0 fully saturated rings. The van der Waals surface area contributed by atoms with Gasteiger partial charge in [-0.3, -0.25) is 35.1 Å². The molecule has 190 valence electrons. The number of rotatable bonds is 9. The third-order valence-electron chi connectivity index (χ3n) is 4.99. The number of nitro benzene ring substituents is 3. The maximum absolute atomic E-state index is 12.8. The summed E-state index contributed by atoms with van der Waals surface area (Å²) in [5.41, 5.74) is -0.770. The van der Waals surface area contributed by atoms with E-state index in [2.05, 4.69) is 5.32 Å². The Kier molecular flexibility index (Phi) is 7.58. The van der Waals surface area contributed by atoms with E-state index in [4.69, 9.17) is 4.74 Å². The van der Waals surface area contributed by atoms with Crippen molar-refractivity contribution in [2.24, 2.45) is 0 Å². The Morgan fingerprint density at radius 3 is 1.82 bits per heavy atom. The topological polar surface area (TPSA) is 168 Å². The molecule has 4 aromatic carbocycles. The molecule has 1 N–H and O–H groups in total. The minimum absolute atomic E-state index is 0.122. The van der Waals surface area contributed by atoms with Gasteiger partial charge in [0.05, 0.1) is 33.0 Å². The summed E-state index contributed by atoms with van der Waals surface area (Å²) in [6, 6.07) is 22.1. The molecule has 0 unspecified atom stereocenters.